The number of carboxylic acid groups (broad SMARTS) is 1. The molecule has 1 aliphatic rings. The van der Waals surface area contributed by atoms with Crippen LogP contribution in [0.3, 0.4) is 0 Å². The summed E-state index contributed by atoms with van der Waals surface area (Å²) in [5.74, 6) is -0.448. The van der Waals surface area contributed by atoms with Gasteiger partial charge in [-0.15, -0.1) is 0 Å². The second-order valence-corrected chi connectivity index (χ2v) is 4.96. The number of hydrogen-bond acceptors (Lipinski definition) is 3. The SMILES string of the molecule is Cc1cccc(-c2ccnc(C3CC3C(=O)O)n2)c1. The zero-order valence-corrected chi connectivity index (χ0v) is 10.6. The first-order valence-corrected chi connectivity index (χ1v) is 6.28. The highest BCUT2D eigenvalue weighted by Crippen LogP contribution is 2.46. The van der Waals surface area contributed by atoms with Crippen LogP contribution in [0.2, 0.25) is 0 Å². The molecule has 1 fully saturated rings. The fourth-order valence-electron chi connectivity index (χ4n) is 2.27. The standard InChI is InChI=1S/C15H14N2O2/c1-9-3-2-4-10(7-9)13-5-6-16-14(17-13)11-8-12(11)15(18)19/h2-7,11-12H,8H2,1H3,(H,18,19). The van der Waals surface area contributed by atoms with Crippen LogP contribution in [-0.2, 0) is 4.79 Å². The molecular formula is C15H14N2O2. The van der Waals surface area contributed by atoms with Gasteiger partial charge < -0.3 is 5.11 Å². The Morgan fingerprint density at radius 1 is 1.37 bits per heavy atom. The van der Waals surface area contributed by atoms with Gasteiger partial charge in [0.15, 0.2) is 0 Å². The van der Waals surface area contributed by atoms with E-state index < -0.39 is 5.97 Å². The number of rotatable bonds is 3. The van der Waals surface area contributed by atoms with Crippen LogP contribution in [0.25, 0.3) is 11.3 Å². The largest absolute Gasteiger partial charge is 0.481 e. The fraction of sp³-hybridized carbons (Fsp3) is 0.267. The molecule has 1 heterocycles. The number of carboxylic acids is 1. The summed E-state index contributed by atoms with van der Waals surface area (Å²) in [5.41, 5.74) is 3.06. The van der Waals surface area contributed by atoms with Crippen molar-refractivity contribution in [1.82, 2.24) is 9.97 Å². The lowest BCUT2D eigenvalue weighted by Gasteiger charge is -2.04. The van der Waals surface area contributed by atoms with Crippen LogP contribution in [0, 0.1) is 12.8 Å². The molecule has 0 radical (unpaired) electrons. The highest BCUT2D eigenvalue weighted by molar-refractivity contribution is 5.75. The topological polar surface area (TPSA) is 63.1 Å². The Morgan fingerprint density at radius 3 is 2.89 bits per heavy atom. The number of carbonyl (C=O) groups is 1. The molecule has 2 unspecified atom stereocenters. The maximum atomic E-state index is 10.9. The molecule has 96 valence electrons. The average molecular weight is 254 g/mol. The van der Waals surface area contributed by atoms with Crippen LogP contribution in [-0.4, -0.2) is 21.0 Å². The number of hydrogen-bond donors (Lipinski definition) is 1. The first-order chi connectivity index (χ1) is 9.15. The summed E-state index contributed by atoms with van der Waals surface area (Å²) < 4.78 is 0. The van der Waals surface area contributed by atoms with Crippen molar-refractivity contribution in [1.29, 1.82) is 0 Å². The van der Waals surface area contributed by atoms with Gasteiger partial charge in [0.2, 0.25) is 0 Å². The highest BCUT2D eigenvalue weighted by Gasteiger charge is 2.46. The molecule has 0 aliphatic heterocycles. The van der Waals surface area contributed by atoms with Crippen LogP contribution in [0.15, 0.2) is 36.5 Å². The molecule has 0 amide bonds. The summed E-state index contributed by atoms with van der Waals surface area (Å²) in [7, 11) is 0. The van der Waals surface area contributed by atoms with Crippen molar-refractivity contribution in [2.24, 2.45) is 5.92 Å². The first kappa shape index (κ1) is 11.8. The maximum Gasteiger partial charge on any atom is 0.307 e. The third kappa shape index (κ3) is 2.34. The molecular weight excluding hydrogens is 240 g/mol. The van der Waals surface area contributed by atoms with Gasteiger partial charge in [0.25, 0.3) is 0 Å². The Hall–Kier alpha value is -2.23. The third-order valence-electron chi connectivity index (χ3n) is 3.43. The smallest absolute Gasteiger partial charge is 0.307 e. The number of aryl methyl sites for hydroxylation is 1. The summed E-state index contributed by atoms with van der Waals surface area (Å²) in [6.07, 6.45) is 2.35. The van der Waals surface area contributed by atoms with Gasteiger partial charge in [-0.1, -0.05) is 23.8 Å². The summed E-state index contributed by atoms with van der Waals surface area (Å²) >= 11 is 0. The lowest BCUT2D eigenvalue weighted by Crippen LogP contribution is -2.02. The van der Waals surface area contributed by atoms with Crippen LogP contribution in [0.5, 0.6) is 0 Å². The van der Waals surface area contributed by atoms with Crippen molar-refractivity contribution < 1.29 is 9.90 Å². The normalized spacial score (nSPS) is 21.1. The lowest BCUT2D eigenvalue weighted by atomic mass is 10.1. The van der Waals surface area contributed by atoms with E-state index >= 15 is 0 Å². The molecule has 3 rings (SSSR count). The molecule has 0 saturated heterocycles. The molecule has 1 aromatic carbocycles. The lowest BCUT2D eigenvalue weighted by molar-refractivity contribution is -0.138. The predicted octanol–water partition coefficient (Wildman–Crippen LogP) is 2.64. The van der Waals surface area contributed by atoms with E-state index in [1.54, 1.807) is 6.20 Å². The van der Waals surface area contributed by atoms with E-state index in [-0.39, 0.29) is 11.8 Å². The van der Waals surface area contributed by atoms with Gasteiger partial charge in [-0.2, -0.15) is 0 Å². The summed E-state index contributed by atoms with van der Waals surface area (Å²) in [5, 5.41) is 8.95. The van der Waals surface area contributed by atoms with Crippen LogP contribution in [0.1, 0.15) is 23.7 Å². The van der Waals surface area contributed by atoms with Gasteiger partial charge >= 0.3 is 5.97 Å². The van der Waals surface area contributed by atoms with E-state index in [0.29, 0.717) is 12.2 Å². The van der Waals surface area contributed by atoms with Crippen LogP contribution >= 0.6 is 0 Å². The minimum Gasteiger partial charge on any atom is -0.481 e. The van der Waals surface area contributed by atoms with E-state index in [1.807, 2.05) is 31.2 Å². The minimum atomic E-state index is -0.755. The van der Waals surface area contributed by atoms with Crippen molar-refractivity contribution in [2.75, 3.05) is 0 Å². The predicted molar refractivity (Wildman–Crippen MR) is 70.7 cm³/mol. The van der Waals surface area contributed by atoms with Crippen LogP contribution in [0.4, 0.5) is 0 Å². The zero-order chi connectivity index (χ0) is 13.4. The van der Waals surface area contributed by atoms with Crippen LogP contribution < -0.4 is 0 Å². The molecule has 1 aliphatic carbocycles. The molecule has 1 aromatic heterocycles. The second-order valence-electron chi connectivity index (χ2n) is 4.96. The maximum absolute atomic E-state index is 10.9. The summed E-state index contributed by atoms with van der Waals surface area (Å²) in [6.45, 7) is 2.03. The summed E-state index contributed by atoms with van der Waals surface area (Å²) in [6, 6.07) is 9.95. The average Bonchev–Trinajstić information content (AvgIpc) is 3.19. The first-order valence-electron chi connectivity index (χ1n) is 6.28. The van der Waals surface area contributed by atoms with Crippen molar-refractivity contribution in [3.05, 3.63) is 47.9 Å². The number of aromatic nitrogens is 2. The van der Waals surface area contributed by atoms with E-state index in [9.17, 15) is 4.79 Å². The molecule has 1 saturated carbocycles. The Kier molecular flexibility index (Phi) is 2.78. The number of nitrogens with zero attached hydrogens (tertiary/aromatic N) is 2. The van der Waals surface area contributed by atoms with Gasteiger partial charge in [-0.3, -0.25) is 4.79 Å². The zero-order valence-electron chi connectivity index (χ0n) is 10.6. The van der Waals surface area contributed by atoms with Gasteiger partial charge in [-0.25, -0.2) is 9.97 Å². The second kappa shape index (κ2) is 4.46. The molecule has 4 nitrogen and oxygen atoms in total. The van der Waals surface area contributed by atoms with Gasteiger partial charge in [0, 0.05) is 17.7 Å². The molecule has 1 N–H and O–H groups in total. The fourth-order valence-corrected chi connectivity index (χ4v) is 2.27. The third-order valence-corrected chi connectivity index (χ3v) is 3.43. The Balaban J connectivity index is 1.91. The summed E-state index contributed by atoms with van der Waals surface area (Å²) in [4.78, 5) is 19.6. The quantitative estimate of drug-likeness (QED) is 0.914. The Labute approximate surface area is 111 Å². The molecule has 0 spiro atoms. The van der Waals surface area contributed by atoms with Gasteiger partial charge in [-0.05, 0) is 25.5 Å². The van der Waals surface area contributed by atoms with Crippen molar-refractivity contribution in [2.45, 2.75) is 19.3 Å². The molecule has 4 heteroatoms. The van der Waals surface area contributed by atoms with Crippen molar-refractivity contribution in [3.8, 4) is 11.3 Å². The Bertz CT molecular complexity index is 640. The van der Waals surface area contributed by atoms with Gasteiger partial charge in [0.1, 0.15) is 5.82 Å². The molecule has 2 atom stereocenters. The van der Waals surface area contributed by atoms with E-state index in [1.165, 1.54) is 5.56 Å². The number of aliphatic carboxylic acids is 1. The van der Waals surface area contributed by atoms with E-state index in [4.69, 9.17) is 5.11 Å². The molecule has 19 heavy (non-hydrogen) atoms. The monoisotopic (exact) mass is 254 g/mol. The van der Waals surface area contributed by atoms with Gasteiger partial charge in [0.05, 0.1) is 11.6 Å². The minimum absolute atomic E-state index is 0.0257. The Morgan fingerprint density at radius 2 is 2.21 bits per heavy atom. The van der Waals surface area contributed by atoms with Crippen molar-refractivity contribution in [3.63, 3.8) is 0 Å². The van der Waals surface area contributed by atoms with Crippen molar-refractivity contribution >= 4 is 5.97 Å². The molecule has 2 aromatic rings. The van der Waals surface area contributed by atoms with E-state index in [0.717, 1.165) is 11.3 Å². The highest BCUT2D eigenvalue weighted by atomic mass is 16.4. The molecule has 0 bridgehead atoms. The van der Waals surface area contributed by atoms with E-state index in [2.05, 4.69) is 16.0 Å². The number of benzene rings is 1.